The summed E-state index contributed by atoms with van der Waals surface area (Å²) in [5.41, 5.74) is 1.71. The number of nitrogens with zero attached hydrogens (tertiary/aromatic N) is 2. The number of benzene rings is 1. The fourth-order valence-corrected chi connectivity index (χ4v) is 2.49. The van der Waals surface area contributed by atoms with E-state index in [0.29, 0.717) is 24.5 Å². The van der Waals surface area contributed by atoms with Crippen LogP contribution in [-0.2, 0) is 9.59 Å². The van der Waals surface area contributed by atoms with Gasteiger partial charge in [-0.1, -0.05) is 6.07 Å². The highest BCUT2D eigenvalue weighted by Crippen LogP contribution is 2.34. The molecular weight excluding hydrogens is 268 g/mol. The zero-order chi connectivity index (χ0) is 15.6. The van der Waals surface area contributed by atoms with Crippen LogP contribution in [-0.4, -0.2) is 42.5 Å². The molecule has 5 heteroatoms. The SMILES string of the molecule is CCN(CC)C(=O)CN1C(=O)C(C)Oc2ccc(C)cc21. The number of hydrogen-bond acceptors (Lipinski definition) is 3. The van der Waals surface area contributed by atoms with E-state index in [2.05, 4.69) is 0 Å². The molecule has 0 aliphatic carbocycles. The Morgan fingerprint density at radius 2 is 2.00 bits per heavy atom. The molecule has 5 nitrogen and oxygen atoms in total. The lowest BCUT2D eigenvalue weighted by atomic mass is 10.1. The van der Waals surface area contributed by atoms with Crippen LogP contribution in [0.3, 0.4) is 0 Å². The third kappa shape index (κ3) is 3.01. The highest BCUT2D eigenvalue weighted by molar-refractivity contribution is 6.03. The van der Waals surface area contributed by atoms with E-state index in [9.17, 15) is 9.59 Å². The topological polar surface area (TPSA) is 49.9 Å². The van der Waals surface area contributed by atoms with Crippen LogP contribution in [0.2, 0.25) is 0 Å². The number of aryl methyl sites for hydroxylation is 1. The van der Waals surface area contributed by atoms with Crippen LogP contribution in [0.1, 0.15) is 26.3 Å². The number of carbonyl (C=O) groups excluding carboxylic acids is 2. The van der Waals surface area contributed by atoms with Crippen LogP contribution in [0.5, 0.6) is 5.75 Å². The monoisotopic (exact) mass is 290 g/mol. The van der Waals surface area contributed by atoms with Crippen molar-refractivity contribution in [1.29, 1.82) is 0 Å². The second-order valence-electron chi connectivity index (χ2n) is 5.22. The van der Waals surface area contributed by atoms with Crippen LogP contribution in [0.15, 0.2) is 18.2 Å². The fourth-order valence-electron chi connectivity index (χ4n) is 2.49. The molecule has 0 spiro atoms. The lowest BCUT2D eigenvalue weighted by Crippen LogP contribution is -2.49. The zero-order valence-corrected chi connectivity index (χ0v) is 13.0. The van der Waals surface area contributed by atoms with Crippen molar-refractivity contribution in [3.05, 3.63) is 23.8 Å². The van der Waals surface area contributed by atoms with Crippen molar-refractivity contribution in [2.75, 3.05) is 24.5 Å². The number of likely N-dealkylation sites (N-methyl/N-ethyl adjacent to an activating group) is 1. The van der Waals surface area contributed by atoms with Gasteiger partial charge in [-0.2, -0.15) is 0 Å². The minimum absolute atomic E-state index is 0.0464. The number of rotatable bonds is 4. The van der Waals surface area contributed by atoms with Crippen molar-refractivity contribution in [2.45, 2.75) is 33.8 Å². The molecule has 0 saturated carbocycles. The first-order valence-corrected chi connectivity index (χ1v) is 7.34. The number of ether oxygens (including phenoxy) is 1. The Bertz CT molecular complexity index is 552. The van der Waals surface area contributed by atoms with Crippen molar-refractivity contribution in [3.63, 3.8) is 0 Å². The molecular formula is C16H22N2O3. The zero-order valence-electron chi connectivity index (χ0n) is 13.0. The number of anilines is 1. The summed E-state index contributed by atoms with van der Waals surface area (Å²) < 4.78 is 5.61. The van der Waals surface area contributed by atoms with E-state index in [0.717, 1.165) is 5.56 Å². The summed E-state index contributed by atoms with van der Waals surface area (Å²) in [5.74, 6) is 0.434. The highest BCUT2D eigenvalue weighted by atomic mass is 16.5. The Morgan fingerprint density at radius 1 is 1.33 bits per heavy atom. The van der Waals surface area contributed by atoms with Gasteiger partial charge in [0.05, 0.1) is 5.69 Å². The molecule has 1 aliphatic heterocycles. The molecule has 1 aromatic carbocycles. The van der Waals surface area contributed by atoms with E-state index in [-0.39, 0.29) is 18.4 Å². The lowest BCUT2D eigenvalue weighted by Gasteiger charge is -2.34. The summed E-state index contributed by atoms with van der Waals surface area (Å²) >= 11 is 0. The van der Waals surface area contributed by atoms with Gasteiger partial charge in [0.2, 0.25) is 5.91 Å². The van der Waals surface area contributed by atoms with Crippen LogP contribution >= 0.6 is 0 Å². The van der Waals surface area contributed by atoms with Gasteiger partial charge in [-0.15, -0.1) is 0 Å². The first-order valence-electron chi connectivity index (χ1n) is 7.34. The Hall–Kier alpha value is -2.04. The van der Waals surface area contributed by atoms with Gasteiger partial charge in [-0.3, -0.25) is 14.5 Å². The Morgan fingerprint density at radius 3 is 2.62 bits per heavy atom. The standard InChI is InChI=1S/C16H22N2O3/c1-5-17(6-2)15(19)10-18-13-9-11(3)7-8-14(13)21-12(4)16(18)20/h7-9,12H,5-6,10H2,1-4H3. The molecule has 0 fully saturated rings. The first-order chi connectivity index (χ1) is 9.97. The van der Waals surface area contributed by atoms with E-state index in [1.54, 1.807) is 11.8 Å². The minimum Gasteiger partial charge on any atom is -0.479 e. The second-order valence-corrected chi connectivity index (χ2v) is 5.22. The molecule has 1 heterocycles. The molecule has 0 bridgehead atoms. The van der Waals surface area contributed by atoms with Gasteiger partial charge >= 0.3 is 0 Å². The third-order valence-corrected chi connectivity index (χ3v) is 3.73. The van der Waals surface area contributed by atoms with Gasteiger partial charge in [-0.05, 0) is 45.4 Å². The quantitative estimate of drug-likeness (QED) is 0.852. The van der Waals surface area contributed by atoms with E-state index < -0.39 is 6.10 Å². The predicted octanol–water partition coefficient (Wildman–Crippen LogP) is 1.98. The molecule has 1 unspecified atom stereocenters. The van der Waals surface area contributed by atoms with E-state index in [1.807, 2.05) is 39.0 Å². The molecule has 1 atom stereocenters. The van der Waals surface area contributed by atoms with Gasteiger partial charge in [0.1, 0.15) is 12.3 Å². The van der Waals surface area contributed by atoms with Gasteiger partial charge in [0, 0.05) is 13.1 Å². The highest BCUT2D eigenvalue weighted by Gasteiger charge is 2.33. The lowest BCUT2D eigenvalue weighted by molar-refractivity contribution is -0.132. The maximum Gasteiger partial charge on any atom is 0.268 e. The molecule has 1 aromatic rings. The van der Waals surface area contributed by atoms with Crippen LogP contribution < -0.4 is 9.64 Å². The molecule has 0 N–H and O–H groups in total. The van der Waals surface area contributed by atoms with Crippen molar-refractivity contribution < 1.29 is 14.3 Å². The molecule has 114 valence electrons. The second kappa shape index (κ2) is 6.16. The molecule has 0 aromatic heterocycles. The molecule has 2 rings (SSSR count). The Balaban J connectivity index is 2.31. The van der Waals surface area contributed by atoms with Gasteiger partial charge in [0.15, 0.2) is 6.10 Å². The van der Waals surface area contributed by atoms with Crippen molar-refractivity contribution >= 4 is 17.5 Å². The molecule has 21 heavy (non-hydrogen) atoms. The number of carbonyl (C=O) groups is 2. The van der Waals surface area contributed by atoms with Crippen molar-refractivity contribution in [1.82, 2.24) is 4.90 Å². The molecule has 0 saturated heterocycles. The van der Waals surface area contributed by atoms with Gasteiger partial charge in [0.25, 0.3) is 5.91 Å². The molecule has 2 amide bonds. The van der Waals surface area contributed by atoms with Gasteiger partial charge < -0.3 is 9.64 Å². The van der Waals surface area contributed by atoms with Crippen LogP contribution in [0.25, 0.3) is 0 Å². The van der Waals surface area contributed by atoms with Crippen LogP contribution in [0, 0.1) is 6.92 Å². The van der Waals surface area contributed by atoms with Gasteiger partial charge in [-0.25, -0.2) is 0 Å². The summed E-state index contributed by atoms with van der Waals surface area (Å²) in [6.07, 6.45) is -0.565. The summed E-state index contributed by atoms with van der Waals surface area (Å²) in [7, 11) is 0. The third-order valence-electron chi connectivity index (χ3n) is 3.73. The maximum atomic E-state index is 12.4. The summed E-state index contributed by atoms with van der Waals surface area (Å²) in [5, 5.41) is 0. The number of amides is 2. The number of fused-ring (bicyclic) bond motifs is 1. The Kier molecular flexibility index (Phi) is 4.50. The van der Waals surface area contributed by atoms with E-state index in [4.69, 9.17) is 4.74 Å². The maximum absolute atomic E-state index is 12.4. The largest absolute Gasteiger partial charge is 0.479 e. The molecule has 0 radical (unpaired) electrons. The summed E-state index contributed by atoms with van der Waals surface area (Å²) in [6, 6.07) is 5.67. The normalized spacial score (nSPS) is 17.2. The van der Waals surface area contributed by atoms with Crippen LogP contribution in [0.4, 0.5) is 5.69 Å². The Labute approximate surface area is 125 Å². The summed E-state index contributed by atoms with van der Waals surface area (Å²) in [6.45, 7) is 8.87. The smallest absolute Gasteiger partial charge is 0.268 e. The minimum atomic E-state index is -0.565. The van der Waals surface area contributed by atoms with E-state index in [1.165, 1.54) is 4.90 Å². The average molecular weight is 290 g/mol. The average Bonchev–Trinajstić information content (AvgIpc) is 2.46. The first kappa shape index (κ1) is 15.4. The van der Waals surface area contributed by atoms with Crippen molar-refractivity contribution in [2.24, 2.45) is 0 Å². The van der Waals surface area contributed by atoms with Crippen molar-refractivity contribution in [3.8, 4) is 5.75 Å². The summed E-state index contributed by atoms with van der Waals surface area (Å²) in [4.78, 5) is 27.9. The molecule has 1 aliphatic rings. The number of hydrogen-bond donors (Lipinski definition) is 0. The van der Waals surface area contributed by atoms with E-state index >= 15 is 0 Å². The fraction of sp³-hybridized carbons (Fsp3) is 0.500. The predicted molar refractivity (Wildman–Crippen MR) is 81.6 cm³/mol.